The standard InChI is InChI=1S/C20H26N8O/c1-12-5-6-15(7-21-12)10-28-11-16(9-23-28)8-22-20-24-13(2)17-18(26-20)27(4)14(3)19(29)25-17/h5-7,9,11,14,19,25,29H,8,10H2,1-4H3,(H,22,24,26)/t14-,19?/m0/s1. The fourth-order valence-electron chi connectivity index (χ4n) is 3.28. The molecule has 1 aliphatic heterocycles. The summed E-state index contributed by atoms with van der Waals surface area (Å²) >= 11 is 0. The third kappa shape index (κ3) is 4.00. The van der Waals surface area contributed by atoms with Gasteiger partial charge in [-0.05, 0) is 32.4 Å². The average Bonchev–Trinajstić information content (AvgIpc) is 3.15. The lowest BCUT2D eigenvalue weighted by molar-refractivity contribution is 0.172. The Hall–Kier alpha value is -3.20. The van der Waals surface area contributed by atoms with E-state index >= 15 is 0 Å². The predicted molar refractivity (Wildman–Crippen MR) is 112 cm³/mol. The molecule has 0 amide bonds. The molecular weight excluding hydrogens is 368 g/mol. The molecule has 0 bridgehead atoms. The molecule has 4 rings (SSSR count). The van der Waals surface area contributed by atoms with Crippen LogP contribution in [0.3, 0.4) is 0 Å². The van der Waals surface area contributed by atoms with E-state index in [1.165, 1.54) is 0 Å². The number of nitrogens with one attached hydrogen (secondary N) is 2. The molecule has 0 saturated carbocycles. The van der Waals surface area contributed by atoms with Gasteiger partial charge in [0.15, 0.2) is 5.82 Å². The van der Waals surface area contributed by atoms with Gasteiger partial charge >= 0.3 is 0 Å². The molecule has 0 saturated heterocycles. The van der Waals surface area contributed by atoms with E-state index in [0.29, 0.717) is 19.0 Å². The van der Waals surface area contributed by atoms with E-state index in [2.05, 4.69) is 36.8 Å². The van der Waals surface area contributed by atoms with Gasteiger partial charge in [-0.25, -0.2) is 4.98 Å². The Bertz CT molecular complexity index is 1000. The molecule has 1 unspecified atom stereocenters. The maximum Gasteiger partial charge on any atom is 0.225 e. The number of anilines is 3. The van der Waals surface area contributed by atoms with E-state index in [9.17, 15) is 5.11 Å². The van der Waals surface area contributed by atoms with Gasteiger partial charge in [0, 0.05) is 37.2 Å². The molecule has 3 aromatic heterocycles. The lowest BCUT2D eigenvalue weighted by atomic mass is 10.1. The van der Waals surface area contributed by atoms with E-state index < -0.39 is 6.23 Å². The highest BCUT2D eigenvalue weighted by molar-refractivity contribution is 5.72. The molecule has 2 atom stereocenters. The first kappa shape index (κ1) is 19.1. The Morgan fingerprint density at radius 1 is 1.17 bits per heavy atom. The minimum atomic E-state index is -0.650. The van der Waals surface area contributed by atoms with Crippen LogP contribution in [0.25, 0.3) is 0 Å². The van der Waals surface area contributed by atoms with Crippen LogP contribution < -0.4 is 15.5 Å². The van der Waals surface area contributed by atoms with Crippen LogP contribution in [0.1, 0.15) is 29.4 Å². The van der Waals surface area contributed by atoms with E-state index in [0.717, 1.165) is 34.0 Å². The van der Waals surface area contributed by atoms with Gasteiger partial charge in [0.2, 0.25) is 5.95 Å². The molecule has 3 aromatic rings. The smallest absolute Gasteiger partial charge is 0.225 e. The Morgan fingerprint density at radius 2 is 2.00 bits per heavy atom. The van der Waals surface area contributed by atoms with Gasteiger partial charge < -0.3 is 20.6 Å². The molecule has 152 valence electrons. The SMILES string of the molecule is Cc1ccc(Cn2cc(CNc3nc(C)c4c(n3)N(C)[C@@H](C)C(O)N4)cn2)cn1. The predicted octanol–water partition coefficient (Wildman–Crippen LogP) is 1.91. The molecule has 0 spiro atoms. The van der Waals surface area contributed by atoms with Crippen LogP contribution in [0.2, 0.25) is 0 Å². The zero-order valence-corrected chi connectivity index (χ0v) is 17.1. The van der Waals surface area contributed by atoms with Crippen molar-refractivity contribution in [2.45, 2.75) is 46.1 Å². The number of likely N-dealkylation sites (N-methyl/N-ethyl adjacent to an activating group) is 1. The normalized spacial score (nSPS) is 18.3. The molecule has 4 heterocycles. The largest absolute Gasteiger partial charge is 0.372 e. The number of pyridine rings is 1. The topological polar surface area (TPSA) is 104 Å². The van der Waals surface area contributed by atoms with Gasteiger partial charge in [0.25, 0.3) is 0 Å². The van der Waals surface area contributed by atoms with Crippen LogP contribution in [-0.2, 0) is 13.1 Å². The molecule has 0 aromatic carbocycles. The second kappa shape index (κ2) is 7.67. The second-order valence-corrected chi connectivity index (χ2v) is 7.48. The van der Waals surface area contributed by atoms with Gasteiger partial charge in [-0.3, -0.25) is 9.67 Å². The summed E-state index contributed by atoms with van der Waals surface area (Å²) < 4.78 is 1.89. The second-order valence-electron chi connectivity index (χ2n) is 7.48. The molecule has 1 aliphatic rings. The van der Waals surface area contributed by atoms with Crippen molar-refractivity contribution in [1.29, 1.82) is 0 Å². The fourth-order valence-corrected chi connectivity index (χ4v) is 3.28. The van der Waals surface area contributed by atoms with Crippen molar-refractivity contribution in [3.8, 4) is 0 Å². The zero-order chi connectivity index (χ0) is 20.5. The maximum absolute atomic E-state index is 10.1. The number of rotatable bonds is 5. The summed E-state index contributed by atoms with van der Waals surface area (Å²) in [6.45, 7) is 7.08. The average molecular weight is 394 g/mol. The van der Waals surface area contributed by atoms with Crippen molar-refractivity contribution in [3.05, 3.63) is 53.2 Å². The lowest BCUT2D eigenvalue weighted by Crippen LogP contribution is -2.48. The van der Waals surface area contributed by atoms with Crippen molar-refractivity contribution in [2.75, 3.05) is 22.6 Å². The van der Waals surface area contributed by atoms with Crippen molar-refractivity contribution >= 4 is 17.5 Å². The minimum Gasteiger partial charge on any atom is -0.372 e. The fraction of sp³-hybridized carbons (Fsp3) is 0.400. The highest BCUT2D eigenvalue weighted by Crippen LogP contribution is 2.33. The van der Waals surface area contributed by atoms with Crippen LogP contribution in [0.4, 0.5) is 17.5 Å². The van der Waals surface area contributed by atoms with Crippen LogP contribution in [-0.4, -0.2) is 49.2 Å². The van der Waals surface area contributed by atoms with Gasteiger partial charge in [-0.1, -0.05) is 6.07 Å². The molecule has 9 nitrogen and oxygen atoms in total. The Morgan fingerprint density at radius 3 is 2.76 bits per heavy atom. The first-order valence-electron chi connectivity index (χ1n) is 9.63. The Labute approximate surface area is 169 Å². The quantitative estimate of drug-likeness (QED) is 0.603. The maximum atomic E-state index is 10.1. The van der Waals surface area contributed by atoms with Crippen molar-refractivity contribution in [2.24, 2.45) is 0 Å². The summed E-state index contributed by atoms with van der Waals surface area (Å²) in [5.74, 6) is 1.33. The molecule has 29 heavy (non-hydrogen) atoms. The Balaban J connectivity index is 1.44. The molecule has 0 radical (unpaired) electrons. The van der Waals surface area contributed by atoms with Crippen molar-refractivity contribution in [1.82, 2.24) is 24.7 Å². The number of hydrogen-bond donors (Lipinski definition) is 3. The van der Waals surface area contributed by atoms with E-state index in [1.54, 1.807) is 0 Å². The number of aromatic nitrogens is 5. The third-order valence-corrected chi connectivity index (χ3v) is 5.22. The molecule has 9 heteroatoms. The van der Waals surface area contributed by atoms with Gasteiger partial charge in [0.1, 0.15) is 11.9 Å². The zero-order valence-electron chi connectivity index (χ0n) is 17.1. The summed E-state index contributed by atoms with van der Waals surface area (Å²) in [4.78, 5) is 15.4. The lowest BCUT2D eigenvalue weighted by Gasteiger charge is -2.37. The number of aliphatic hydroxyl groups is 1. The number of fused-ring (bicyclic) bond motifs is 1. The van der Waals surface area contributed by atoms with Crippen LogP contribution in [0, 0.1) is 13.8 Å². The summed E-state index contributed by atoms with van der Waals surface area (Å²) in [6.07, 6.45) is 5.07. The van der Waals surface area contributed by atoms with Crippen molar-refractivity contribution in [3.63, 3.8) is 0 Å². The van der Waals surface area contributed by atoms with Crippen LogP contribution in [0.5, 0.6) is 0 Å². The first-order chi connectivity index (χ1) is 13.9. The monoisotopic (exact) mass is 394 g/mol. The molecule has 0 aliphatic carbocycles. The highest BCUT2D eigenvalue weighted by atomic mass is 16.3. The van der Waals surface area contributed by atoms with E-state index in [-0.39, 0.29) is 6.04 Å². The first-order valence-corrected chi connectivity index (χ1v) is 9.63. The van der Waals surface area contributed by atoms with Gasteiger partial charge in [-0.15, -0.1) is 0 Å². The number of aliphatic hydroxyl groups excluding tert-OH is 1. The molecule has 0 fully saturated rings. The summed E-state index contributed by atoms with van der Waals surface area (Å²) in [5, 5.41) is 20.9. The number of nitrogens with zero attached hydrogens (tertiary/aromatic N) is 6. The molecule has 3 N–H and O–H groups in total. The Kier molecular flexibility index (Phi) is 5.06. The van der Waals surface area contributed by atoms with Crippen molar-refractivity contribution < 1.29 is 5.11 Å². The summed E-state index contributed by atoms with van der Waals surface area (Å²) in [7, 11) is 1.92. The van der Waals surface area contributed by atoms with Gasteiger partial charge in [0.05, 0.1) is 24.5 Å². The minimum absolute atomic E-state index is 0.0841. The van der Waals surface area contributed by atoms with Gasteiger partial charge in [-0.2, -0.15) is 10.1 Å². The summed E-state index contributed by atoms with van der Waals surface area (Å²) in [5.41, 5.74) is 4.71. The third-order valence-electron chi connectivity index (χ3n) is 5.22. The van der Waals surface area contributed by atoms with Crippen LogP contribution >= 0.6 is 0 Å². The summed E-state index contributed by atoms with van der Waals surface area (Å²) in [6, 6.07) is 3.98. The number of hydrogen-bond acceptors (Lipinski definition) is 8. The van der Waals surface area contributed by atoms with E-state index in [1.807, 2.05) is 62.1 Å². The van der Waals surface area contributed by atoms with Crippen LogP contribution in [0.15, 0.2) is 30.7 Å². The number of aryl methyl sites for hydroxylation is 2. The highest BCUT2D eigenvalue weighted by Gasteiger charge is 2.30. The molecular formula is C20H26N8O. The van der Waals surface area contributed by atoms with E-state index in [4.69, 9.17) is 0 Å².